The Balaban J connectivity index is -0.000000145. The third kappa shape index (κ3) is 25.5. The number of non-ortho nitro benzene ring substituents is 2. The molecule has 14 nitrogen and oxygen atoms in total. The van der Waals surface area contributed by atoms with E-state index in [-0.39, 0.29) is 137 Å². The van der Waals surface area contributed by atoms with Crippen molar-refractivity contribution in [2.75, 3.05) is 51.3 Å². The van der Waals surface area contributed by atoms with Crippen LogP contribution in [0.1, 0.15) is 51.7 Å². The molecule has 2 fully saturated rings. The summed E-state index contributed by atoms with van der Waals surface area (Å²) in [6, 6.07) is 10.8. The molecule has 2 saturated heterocycles. The Kier molecular flexibility index (Phi) is 33.0. The molecule has 258 valence electrons. The van der Waals surface area contributed by atoms with Gasteiger partial charge in [-0.15, -0.1) is 0 Å². The minimum Gasteiger partial charge on any atom is -1.00 e. The summed E-state index contributed by atoms with van der Waals surface area (Å²) >= 11 is 0. The smallest absolute Gasteiger partial charge is 1.00 e. The largest absolute Gasteiger partial charge is 1.00 e. The van der Waals surface area contributed by atoms with Gasteiger partial charge in [0.2, 0.25) is 0 Å². The minimum atomic E-state index is -1.00. The molecule has 4 rings (SSSR count). The van der Waals surface area contributed by atoms with Gasteiger partial charge in [-0.2, -0.15) is 0 Å². The third-order valence-corrected chi connectivity index (χ3v) is 5.64. The summed E-state index contributed by atoms with van der Waals surface area (Å²) in [7, 11) is -1.00. The van der Waals surface area contributed by atoms with Crippen LogP contribution in [0, 0.1) is 26.0 Å². The number of hydrogen-bond acceptors (Lipinski definition) is 11. The van der Waals surface area contributed by atoms with Gasteiger partial charge in [-0.1, -0.05) is 13.8 Å². The van der Waals surface area contributed by atoms with Gasteiger partial charge in [0.25, 0.3) is 17.8 Å². The molecule has 47 heavy (non-hydrogen) atoms. The fourth-order valence-corrected chi connectivity index (χ4v) is 3.62. The predicted octanol–water partition coefficient (Wildman–Crippen LogP) is -0.831. The molecule has 0 unspecified atom stereocenters. The number of anilines is 1. The zero-order valence-electron chi connectivity index (χ0n) is 29.0. The number of carbonyl (C=O) groups excluding carboxylic acids is 2. The molecule has 2 aromatic rings. The Morgan fingerprint density at radius 2 is 1.36 bits per heavy atom. The van der Waals surface area contributed by atoms with Gasteiger partial charge >= 0.3 is 109 Å². The number of nitrogens with zero attached hydrogens (tertiary/aromatic N) is 4. The molecule has 0 radical (unpaired) electrons. The number of carbonyl (C=O) groups is 2. The van der Waals surface area contributed by atoms with Gasteiger partial charge in [-0.3, -0.25) is 29.4 Å². The second-order valence-electron chi connectivity index (χ2n) is 9.96. The van der Waals surface area contributed by atoms with E-state index in [9.17, 15) is 33.8 Å². The van der Waals surface area contributed by atoms with Gasteiger partial charge in [0.15, 0.2) is 0 Å². The maximum atomic E-state index is 12.1. The van der Waals surface area contributed by atoms with E-state index >= 15 is 0 Å². The first-order valence-corrected chi connectivity index (χ1v) is 13.4. The molecule has 0 aliphatic carbocycles. The van der Waals surface area contributed by atoms with Crippen LogP contribution in [-0.2, 0) is 14.4 Å². The third-order valence-electron chi connectivity index (χ3n) is 5.64. The van der Waals surface area contributed by atoms with Crippen molar-refractivity contribution in [2.45, 2.75) is 53.1 Å². The normalized spacial score (nSPS) is 13.2. The first-order valence-electron chi connectivity index (χ1n) is 14.2. The number of piperazine rings is 1. The van der Waals surface area contributed by atoms with E-state index in [1.54, 1.807) is 17.0 Å². The van der Waals surface area contributed by atoms with Gasteiger partial charge in [0, 0.05) is 57.6 Å². The molecule has 0 saturated carbocycles. The van der Waals surface area contributed by atoms with Crippen LogP contribution in [0.2, 0.25) is 0 Å². The minimum absolute atomic E-state index is 0. The van der Waals surface area contributed by atoms with E-state index in [2.05, 4.69) is 15.1 Å². The molecule has 2 heterocycles. The van der Waals surface area contributed by atoms with E-state index in [4.69, 9.17) is 16.2 Å². The SMILES string of the molecule is C.C1CCNCC1.CC(C)(C)OC(=O)N1CCN(c2ccc([N+](=O)[O-])cc2)CC1.O=CO[O-].O=[N+]([O-])c1ccc(F)cc1.[2H]CF.[H-].[HH].[K+].[K+]. The van der Waals surface area contributed by atoms with Crippen molar-refractivity contribution >= 4 is 29.6 Å². The number of amides is 1. The molecular formula is C29H47F2K2N5O9. The molecule has 0 atom stereocenters. The van der Waals surface area contributed by atoms with Crippen LogP contribution >= 0.6 is 0 Å². The average Bonchev–Trinajstić information content (AvgIpc) is 3.02. The van der Waals surface area contributed by atoms with E-state index in [0.29, 0.717) is 26.2 Å². The van der Waals surface area contributed by atoms with Crippen molar-refractivity contribution in [2.24, 2.45) is 0 Å². The number of nitro groups is 2. The first kappa shape index (κ1) is 50.2. The van der Waals surface area contributed by atoms with Crippen LogP contribution < -0.4 is 118 Å². The number of hydrogen-bond donors (Lipinski definition) is 1. The average molecular weight is 727 g/mol. The van der Waals surface area contributed by atoms with Gasteiger partial charge in [-0.05, 0) is 71.0 Å². The van der Waals surface area contributed by atoms with Crippen molar-refractivity contribution in [1.82, 2.24) is 10.2 Å². The van der Waals surface area contributed by atoms with Crippen molar-refractivity contribution in [3.8, 4) is 0 Å². The number of ether oxygens (including phenoxy) is 1. The Morgan fingerprint density at radius 3 is 1.66 bits per heavy atom. The van der Waals surface area contributed by atoms with E-state index < -0.39 is 28.4 Å². The van der Waals surface area contributed by atoms with Gasteiger partial charge < -0.3 is 31.4 Å². The molecule has 1 amide bonds. The summed E-state index contributed by atoms with van der Waals surface area (Å²) in [5.74, 6) is -0.467. The number of rotatable bonds is 4. The second-order valence-corrected chi connectivity index (χ2v) is 9.96. The van der Waals surface area contributed by atoms with Gasteiger partial charge in [0.1, 0.15) is 11.4 Å². The number of nitrogens with one attached hydrogen (secondary N) is 1. The van der Waals surface area contributed by atoms with Crippen molar-refractivity contribution < 1.29 is 150 Å². The second kappa shape index (κ2) is 30.9. The number of piperidine rings is 1. The zero-order valence-corrected chi connectivity index (χ0v) is 33.2. The molecule has 0 spiro atoms. The number of benzene rings is 2. The summed E-state index contributed by atoms with van der Waals surface area (Å²) in [4.78, 5) is 46.7. The molecule has 18 heteroatoms. The quantitative estimate of drug-likeness (QED) is 0.137. The van der Waals surface area contributed by atoms with Crippen LogP contribution in [0.5, 0.6) is 0 Å². The summed E-state index contributed by atoms with van der Waals surface area (Å²) in [5.41, 5.74) is 0.416. The van der Waals surface area contributed by atoms with Crippen LogP contribution in [0.4, 0.5) is 30.6 Å². The van der Waals surface area contributed by atoms with Crippen LogP contribution in [-0.4, -0.2) is 79.3 Å². The molecule has 0 bridgehead atoms. The van der Waals surface area contributed by atoms with Gasteiger partial charge in [-0.25, -0.2) is 9.18 Å². The Labute approximate surface area is 364 Å². The van der Waals surface area contributed by atoms with Crippen molar-refractivity contribution in [3.63, 3.8) is 0 Å². The molecule has 2 aliphatic heterocycles. The Bertz CT molecular complexity index is 1140. The molecule has 0 aromatic heterocycles. The van der Waals surface area contributed by atoms with E-state index in [1.165, 1.54) is 44.5 Å². The monoisotopic (exact) mass is 726 g/mol. The fraction of sp³-hybridized carbons (Fsp3) is 0.517. The summed E-state index contributed by atoms with van der Waals surface area (Å²) in [6.45, 7) is 10.4. The van der Waals surface area contributed by atoms with E-state index in [0.717, 1.165) is 30.0 Å². The molecular weight excluding hydrogens is 679 g/mol. The van der Waals surface area contributed by atoms with Crippen molar-refractivity contribution in [3.05, 3.63) is 74.6 Å². The summed E-state index contributed by atoms with van der Waals surface area (Å²) in [5, 5.41) is 32.4. The van der Waals surface area contributed by atoms with Crippen molar-refractivity contribution in [1.29, 1.82) is 0 Å². The predicted molar refractivity (Wildman–Crippen MR) is 167 cm³/mol. The van der Waals surface area contributed by atoms with Gasteiger partial charge in [0.05, 0.1) is 18.4 Å². The number of nitro benzene ring substituents is 2. The summed E-state index contributed by atoms with van der Waals surface area (Å²) in [6.07, 6.45) is 3.92. The fourth-order valence-electron chi connectivity index (χ4n) is 3.62. The topological polar surface area (TPSA) is 180 Å². The summed E-state index contributed by atoms with van der Waals surface area (Å²) < 4.78 is 33.0. The number of alkyl halides is 1. The van der Waals surface area contributed by atoms with Crippen LogP contribution in [0.15, 0.2) is 48.5 Å². The molecule has 2 aliphatic rings. The molecule has 1 N–H and O–H groups in total. The Morgan fingerprint density at radius 1 is 0.957 bits per heavy atom. The standard InChI is InChI=1S/C15H21N3O4.C6H4FNO2.C5H11N.CH3F.CH2O3.CH4.2K.H2.H/c1-15(2,3)22-14(19)17-10-8-16(9-11-17)12-4-6-13(7-5-12)18(20)21;7-5-1-3-6(4-2-5)8(9)10;1-2-4-6-5-3-1;1-2;2-1-4-3;;;;;/h4-7H,8-11H2,1-3H3;1-4H;6H,1-5H2;1H3;1,3H;1H4;;;1H;/q;;;;;;2*+1;;-1/p-1/i;;;1D;;;;;;. The zero-order chi connectivity index (χ0) is 34.3. The maximum Gasteiger partial charge on any atom is 1.00 e. The maximum absolute atomic E-state index is 12.1. The van der Waals surface area contributed by atoms with Crippen LogP contribution in [0.25, 0.3) is 0 Å². The molecule has 2 aromatic carbocycles. The van der Waals surface area contributed by atoms with Crippen LogP contribution in [0.3, 0.4) is 0 Å². The Hall–Kier alpha value is -1.17. The number of halogens is 2. The first-order chi connectivity index (χ1) is 21.3. The van der Waals surface area contributed by atoms with E-state index in [1.807, 2.05) is 20.8 Å².